The number of hydrogen-bond acceptors (Lipinski definition) is 11. The van der Waals surface area contributed by atoms with Gasteiger partial charge in [-0.25, -0.2) is 4.79 Å². The second-order valence-electron chi connectivity index (χ2n) is 11.9. The van der Waals surface area contributed by atoms with Crippen LogP contribution in [0.25, 0.3) is 0 Å². The van der Waals surface area contributed by atoms with Crippen molar-refractivity contribution in [3.05, 3.63) is 35.9 Å². The number of benzene rings is 1. The first-order chi connectivity index (χ1) is 19.1. The summed E-state index contributed by atoms with van der Waals surface area (Å²) in [5.74, 6) is -4.51. The van der Waals surface area contributed by atoms with Crippen molar-refractivity contribution < 1.29 is 52.4 Å². The van der Waals surface area contributed by atoms with Crippen LogP contribution in [0.2, 0.25) is 0 Å². The van der Waals surface area contributed by atoms with Crippen molar-refractivity contribution in [1.29, 1.82) is 0 Å². The van der Waals surface area contributed by atoms with Gasteiger partial charge in [-0.3, -0.25) is 19.2 Å². The molecule has 1 spiro atoms. The smallest absolute Gasteiger partial charge is 0.338 e. The van der Waals surface area contributed by atoms with E-state index in [1.165, 1.54) is 27.7 Å². The van der Waals surface area contributed by atoms with Crippen LogP contribution in [0, 0.1) is 17.3 Å². The minimum absolute atomic E-state index is 0.186. The lowest BCUT2D eigenvalue weighted by Crippen LogP contribution is -2.79. The minimum atomic E-state index is -1.55. The van der Waals surface area contributed by atoms with Crippen LogP contribution in [0.1, 0.15) is 72.2 Å². The van der Waals surface area contributed by atoms with Gasteiger partial charge in [0.25, 0.3) is 0 Å². The summed E-state index contributed by atoms with van der Waals surface area (Å²) in [6, 6.07) is 8.26. The Hall–Kier alpha value is -3.47. The van der Waals surface area contributed by atoms with Gasteiger partial charge in [-0.1, -0.05) is 25.1 Å². The molecular weight excluding hydrogens is 536 g/mol. The first-order valence-corrected chi connectivity index (χ1v) is 13.7. The molecule has 4 rings (SSSR count). The molecule has 1 aromatic rings. The van der Waals surface area contributed by atoms with E-state index in [4.69, 9.17) is 28.4 Å². The van der Waals surface area contributed by atoms with E-state index in [1.807, 2.05) is 6.92 Å². The monoisotopic (exact) mass is 574 g/mol. The molecule has 224 valence electrons. The lowest BCUT2D eigenvalue weighted by molar-refractivity contribution is -0.315. The van der Waals surface area contributed by atoms with E-state index in [0.717, 1.165) is 0 Å². The van der Waals surface area contributed by atoms with E-state index in [-0.39, 0.29) is 12.0 Å². The average Bonchev–Trinajstić information content (AvgIpc) is 3.05. The summed E-state index contributed by atoms with van der Waals surface area (Å²) in [4.78, 5) is 63.5. The molecule has 11 heteroatoms. The van der Waals surface area contributed by atoms with Gasteiger partial charge in [-0.15, -0.1) is 0 Å². The summed E-state index contributed by atoms with van der Waals surface area (Å²) in [5, 5.41) is 0. The Labute approximate surface area is 239 Å². The number of hydrogen-bond donors (Lipinski definition) is 0. The SMILES string of the molecule is CC(=O)O[C@@H]1[C@@H]2[C@@H](OC(C)=O)[C@]3(OC2(C)C)[C@H](C)C[C@H](OC(C)=O)[C@H](OC(C)=O)[C@@]3(C)[C@@H]1OC(=O)c1ccccc1. The summed E-state index contributed by atoms with van der Waals surface area (Å²) in [6.07, 6.45) is -5.49. The zero-order valence-corrected chi connectivity index (χ0v) is 24.6. The summed E-state index contributed by atoms with van der Waals surface area (Å²) in [5.41, 5.74) is -3.79. The first-order valence-electron chi connectivity index (χ1n) is 13.7. The van der Waals surface area contributed by atoms with Gasteiger partial charge >= 0.3 is 29.8 Å². The van der Waals surface area contributed by atoms with Gasteiger partial charge in [0.1, 0.15) is 23.9 Å². The third-order valence-electron chi connectivity index (χ3n) is 8.76. The summed E-state index contributed by atoms with van der Waals surface area (Å²) in [7, 11) is 0. The average molecular weight is 575 g/mol. The van der Waals surface area contributed by atoms with E-state index >= 15 is 0 Å². The first kappa shape index (κ1) is 30.5. The van der Waals surface area contributed by atoms with Crippen LogP contribution >= 0.6 is 0 Å². The molecule has 1 aliphatic heterocycles. The maximum absolute atomic E-state index is 13.6. The number of rotatable bonds is 6. The van der Waals surface area contributed by atoms with Crippen molar-refractivity contribution >= 4 is 29.8 Å². The van der Waals surface area contributed by atoms with Crippen LogP contribution in [0.5, 0.6) is 0 Å². The summed E-state index contributed by atoms with van der Waals surface area (Å²) < 4.78 is 36.6. The fraction of sp³-hybridized carbons (Fsp3) is 0.633. The molecule has 0 N–H and O–H groups in total. The van der Waals surface area contributed by atoms with Gasteiger partial charge in [0, 0.05) is 27.7 Å². The van der Waals surface area contributed by atoms with Gasteiger partial charge in [0.2, 0.25) is 0 Å². The zero-order valence-electron chi connectivity index (χ0n) is 24.6. The molecule has 3 fully saturated rings. The molecule has 1 aromatic carbocycles. The lowest BCUT2D eigenvalue weighted by Gasteiger charge is -2.63. The van der Waals surface area contributed by atoms with E-state index in [2.05, 4.69) is 0 Å². The predicted octanol–water partition coefficient (Wildman–Crippen LogP) is 3.16. The van der Waals surface area contributed by atoms with Crippen LogP contribution in [0.3, 0.4) is 0 Å². The zero-order chi connectivity index (χ0) is 30.5. The second kappa shape index (κ2) is 10.7. The minimum Gasteiger partial charge on any atom is -0.459 e. The molecule has 1 heterocycles. The third-order valence-corrected chi connectivity index (χ3v) is 8.76. The molecule has 0 radical (unpaired) electrons. The second-order valence-corrected chi connectivity index (χ2v) is 11.9. The van der Waals surface area contributed by atoms with Crippen molar-refractivity contribution in [2.75, 3.05) is 0 Å². The number of esters is 5. The summed E-state index contributed by atoms with van der Waals surface area (Å²) >= 11 is 0. The maximum Gasteiger partial charge on any atom is 0.338 e. The largest absolute Gasteiger partial charge is 0.459 e. The maximum atomic E-state index is 13.6. The highest BCUT2D eigenvalue weighted by molar-refractivity contribution is 5.89. The fourth-order valence-corrected chi connectivity index (χ4v) is 7.57. The van der Waals surface area contributed by atoms with Gasteiger partial charge in [-0.2, -0.15) is 0 Å². The van der Waals surface area contributed by atoms with Crippen molar-refractivity contribution in [2.24, 2.45) is 17.3 Å². The van der Waals surface area contributed by atoms with Gasteiger partial charge in [-0.05, 0) is 45.2 Å². The molecule has 2 bridgehead atoms. The highest BCUT2D eigenvalue weighted by atomic mass is 16.6. The van der Waals surface area contributed by atoms with Crippen molar-refractivity contribution in [1.82, 2.24) is 0 Å². The summed E-state index contributed by atoms with van der Waals surface area (Å²) in [6.45, 7) is 12.0. The number of ether oxygens (including phenoxy) is 6. The van der Waals surface area contributed by atoms with E-state index in [0.29, 0.717) is 0 Å². The molecule has 0 aromatic heterocycles. The third kappa shape index (κ3) is 4.98. The van der Waals surface area contributed by atoms with Crippen LogP contribution in [0.15, 0.2) is 30.3 Å². The molecule has 41 heavy (non-hydrogen) atoms. The number of fused-ring (bicyclic) bond motifs is 1. The molecule has 1 saturated heterocycles. The lowest BCUT2D eigenvalue weighted by atomic mass is 9.47. The Morgan fingerprint density at radius 1 is 0.732 bits per heavy atom. The molecular formula is C30H38O11. The molecule has 9 atom stereocenters. The van der Waals surface area contributed by atoms with Gasteiger partial charge in [0.05, 0.1) is 22.5 Å². The highest BCUT2D eigenvalue weighted by Gasteiger charge is 2.83. The normalized spacial score (nSPS) is 36.7. The van der Waals surface area contributed by atoms with Crippen LogP contribution < -0.4 is 0 Å². The Balaban J connectivity index is 2.02. The highest BCUT2D eigenvalue weighted by Crippen LogP contribution is 2.68. The predicted molar refractivity (Wildman–Crippen MR) is 141 cm³/mol. The Kier molecular flexibility index (Phi) is 7.99. The van der Waals surface area contributed by atoms with E-state index < -0.39 is 88.8 Å². The van der Waals surface area contributed by atoms with Gasteiger partial charge < -0.3 is 28.4 Å². The topological polar surface area (TPSA) is 141 Å². The molecule has 2 saturated carbocycles. The quantitative estimate of drug-likeness (QED) is 0.365. The van der Waals surface area contributed by atoms with Crippen LogP contribution in [-0.2, 0) is 47.6 Å². The van der Waals surface area contributed by atoms with Crippen molar-refractivity contribution in [3.8, 4) is 0 Å². The molecule has 3 aliphatic rings. The Bertz CT molecular complexity index is 1230. The fourth-order valence-electron chi connectivity index (χ4n) is 7.57. The Morgan fingerprint density at radius 3 is 1.80 bits per heavy atom. The van der Waals surface area contributed by atoms with Crippen LogP contribution in [0.4, 0.5) is 0 Å². The van der Waals surface area contributed by atoms with Gasteiger partial charge in [0.15, 0.2) is 12.2 Å². The van der Waals surface area contributed by atoms with Crippen molar-refractivity contribution in [3.63, 3.8) is 0 Å². The van der Waals surface area contributed by atoms with E-state index in [1.54, 1.807) is 51.1 Å². The van der Waals surface area contributed by atoms with Crippen LogP contribution in [-0.4, -0.2) is 71.6 Å². The molecule has 11 nitrogen and oxygen atoms in total. The van der Waals surface area contributed by atoms with E-state index in [9.17, 15) is 24.0 Å². The molecule has 0 unspecified atom stereocenters. The number of carbonyl (C=O) groups excluding carboxylic acids is 5. The van der Waals surface area contributed by atoms with Crippen molar-refractivity contribution in [2.45, 2.75) is 104 Å². The molecule has 0 amide bonds. The number of carbonyl (C=O) groups is 5. The molecule has 2 aliphatic carbocycles. The standard InChI is InChI=1S/C30H38O11/c1-15-14-21(36-16(2)31)24(38-18(4)33)29(8)26(40-27(35)20-12-10-9-11-13-20)23(37-17(3)32)22-25(39-19(5)34)30(15,29)41-28(22,6)7/h9-13,15,21-26H,14H2,1-8H3/t15-,21+,22-,23-,24+,25-,26-,29+,30-/m1/s1. The Morgan fingerprint density at radius 2 is 1.27 bits per heavy atom.